The van der Waals surface area contributed by atoms with Crippen molar-refractivity contribution in [2.24, 2.45) is 0 Å². The molecule has 30 heavy (non-hydrogen) atoms. The zero-order valence-corrected chi connectivity index (χ0v) is 18.9. The van der Waals surface area contributed by atoms with Gasteiger partial charge < -0.3 is 23.7 Å². The number of ether oxygens (including phenoxy) is 5. The lowest BCUT2D eigenvalue weighted by molar-refractivity contribution is 0.0114. The second kappa shape index (κ2) is 14.0. The summed E-state index contributed by atoms with van der Waals surface area (Å²) in [5.74, 6) is 1.75. The van der Waals surface area contributed by atoms with Crippen LogP contribution in [-0.4, -0.2) is 46.2 Å². The van der Waals surface area contributed by atoms with E-state index in [4.69, 9.17) is 23.7 Å². The third kappa shape index (κ3) is 9.61. The SMILES string of the molecule is CCOCCOCCOCCOc1cc(C)cc(COc2cc(C)cc(CC)c2)c1. The van der Waals surface area contributed by atoms with E-state index in [2.05, 4.69) is 45.0 Å². The van der Waals surface area contributed by atoms with E-state index in [-0.39, 0.29) is 0 Å². The Morgan fingerprint density at radius 1 is 0.567 bits per heavy atom. The van der Waals surface area contributed by atoms with Gasteiger partial charge in [-0.15, -0.1) is 0 Å². The van der Waals surface area contributed by atoms with Crippen LogP contribution < -0.4 is 9.47 Å². The second-order valence-electron chi connectivity index (χ2n) is 7.22. The molecule has 5 nitrogen and oxygen atoms in total. The summed E-state index contributed by atoms with van der Waals surface area (Å²) in [6.45, 7) is 12.9. The minimum atomic E-state index is 0.500. The minimum Gasteiger partial charge on any atom is -0.491 e. The fourth-order valence-corrected chi connectivity index (χ4v) is 3.07. The zero-order chi connectivity index (χ0) is 21.6. The van der Waals surface area contributed by atoms with Crippen LogP contribution in [0.5, 0.6) is 11.5 Å². The van der Waals surface area contributed by atoms with Crippen LogP contribution in [-0.2, 0) is 27.2 Å². The molecule has 0 spiro atoms. The van der Waals surface area contributed by atoms with Crippen LogP contribution in [0.3, 0.4) is 0 Å². The molecule has 0 aliphatic carbocycles. The molecule has 0 aromatic heterocycles. The summed E-state index contributed by atoms with van der Waals surface area (Å²) in [4.78, 5) is 0. The molecule has 5 heteroatoms. The highest BCUT2D eigenvalue weighted by atomic mass is 16.6. The normalized spacial score (nSPS) is 10.9. The molecule has 0 saturated heterocycles. The van der Waals surface area contributed by atoms with Gasteiger partial charge in [0.05, 0.1) is 33.0 Å². The van der Waals surface area contributed by atoms with Gasteiger partial charge in [-0.25, -0.2) is 0 Å². The first-order chi connectivity index (χ1) is 14.6. The summed E-state index contributed by atoms with van der Waals surface area (Å²) >= 11 is 0. The molecule has 0 fully saturated rings. The van der Waals surface area contributed by atoms with Crippen LogP contribution >= 0.6 is 0 Å². The van der Waals surface area contributed by atoms with Crippen molar-refractivity contribution in [2.45, 2.75) is 40.7 Å². The highest BCUT2D eigenvalue weighted by Crippen LogP contribution is 2.21. The third-order valence-electron chi connectivity index (χ3n) is 4.48. The lowest BCUT2D eigenvalue weighted by Gasteiger charge is -2.12. The second-order valence-corrected chi connectivity index (χ2v) is 7.22. The van der Waals surface area contributed by atoms with Crippen molar-refractivity contribution in [2.75, 3.05) is 46.2 Å². The number of rotatable bonds is 15. The van der Waals surface area contributed by atoms with E-state index in [0.717, 1.165) is 35.7 Å². The standard InChI is InChI=1S/C25H36O5/c1-5-22-13-20(3)16-25(17-22)30-19-23-14-21(4)15-24(18-23)29-12-11-28-10-9-27-8-7-26-6-2/h13-18H,5-12,19H2,1-4H3. The summed E-state index contributed by atoms with van der Waals surface area (Å²) in [6.07, 6.45) is 1.00. The molecule has 0 amide bonds. The van der Waals surface area contributed by atoms with Gasteiger partial charge in [-0.05, 0) is 73.7 Å². The van der Waals surface area contributed by atoms with Crippen LogP contribution in [0.1, 0.15) is 36.1 Å². The fourth-order valence-electron chi connectivity index (χ4n) is 3.07. The van der Waals surface area contributed by atoms with Crippen LogP contribution in [0.4, 0.5) is 0 Å². The Labute approximate surface area is 181 Å². The molecule has 0 unspecified atom stereocenters. The van der Waals surface area contributed by atoms with E-state index >= 15 is 0 Å². The molecular formula is C25H36O5. The average molecular weight is 417 g/mol. The zero-order valence-electron chi connectivity index (χ0n) is 18.9. The fraction of sp³-hybridized carbons (Fsp3) is 0.520. The Bertz CT molecular complexity index is 744. The highest BCUT2D eigenvalue weighted by Gasteiger charge is 2.04. The molecule has 2 rings (SSSR count). The number of hydrogen-bond acceptors (Lipinski definition) is 5. The van der Waals surface area contributed by atoms with Gasteiger partial charge in [0.1, 0.15) is 24.7 Å². The Morgan fingerprint density at radius 2 is 1.10 bits per heavy atom. The number of benzene rings is 2. The van der Waals surface area contributed by atoms with Crippen molar-refractivity contribution < 1.29 is 23.7 Å². The van der Waals surface area contributed by atoms with Crippen molar-refractivity contribution in [3.05, 3.63) is 58.7 Å². The summed E-state index contributed by atoms with van der Waals surface area (Å²) in [5.41, 5.74) is 4.75. The van der Waals surface area contributed by atoms with Gasteiger partial charge in [0.15, 0.2) is 0 Å². The molecular weight excluding hydrogens is 380 g/mol. The van der Waals surface area contributed by atoms with Crippen LogP contribution in [0.15, 0.2) is 36.4 Å². The Hall–Kier alpha value is -2.08. The van der Waals surface area contributed by atoms with E-state index in [1.807, 2.05) is 19.1 Å². The van der Waals surface area contributed by atoms with Crippen molar-refractivity contribution in [1.82, 2.24) is 0 Å². The van der Waals surface area contributed by atoms with Crippen molar-refractivity contribution >= 4 is 0 Å². The summed E-state index contributed by atoms with van der Waals surface area (Å²) in [5, 5.41) is 0. The first-order valence-corrected chi connectivity index (χ1v) is 10.8. The molecule has 166 valence electrons. The van der Waals surface area contributed by atoms with Gasteiger partial charge in [0.25, 0.3) is 0 Å². The molecule has 0 N–H and O–H groups in total. The average Bonchev–Trinajstić information content (AvgIpc) is 2.73. The summed E-state index contributed by atoms with van der Waals surface area (Å²) < 4.78 is 28.0. The third-order valence-corrected chi connectivity index (χ3v) is 4.48. The maximum Gasteiger partial charge on any atom is 0.120 e. The van der Waals surface area contributed by atoms with E-state index in [0.29, 0.717) is 46.2 Å². The van der Waals surface area contributed by atoms with Crippen LogP contribution in [0.25, 0.3) is 0 Å². The number of aryl methyl sites for hydroxylation is 3. The molecule has 0 aliphatic heterocycles. The van der Waals surface area contributed by atoms with Gasteiger partial charge >= 0.3 is 0 Å². The molecule has 2 aromatic rings. The van der Waals surface area contributed by atoms with Crippen molar-refractivity contribution in [1.29, 1.82) is 0 Å². The molecule has 0 saturated carbocycles. The highest BCUT2D eigenvalue weighted by molar-refractivity contribution is 5.36. The minimum absolute atomic E-state index is 0.500. The lowest BCUT2D eigenvalue weighted by atomic mass is 10.1. The predicted molar refractivity (Wildman–Crippen MR) is 120 cm³/mol. The maximum atomic E-state index is 6.03. The van der Waals surface area contributed by atoms with Gasteiger partial charge in [0.2, 0.25) is 0 Å². The van der Waals surface area contributed by atoms with Gasteiger partial charge in [-0.1, -0.05) is 19.1 Å². The van der Waals surface area contributed by atoms with E-state index in [1.165, 1.54) is 11.1 Å². The Morgan fingerprint density at radius 3 is 1.73 bits per heavy atom. The Kier molecular flexibility index (Phi) is 11.3. The summed E-state index contributed by atoms with van der Waals surface area (Å²) in [6, 6.07) is 12.6. The van der Waals surface area contributed by atoms with E-state index in [1.54, 1.807) is 0 Å². The molecule has 2 aromatic carbocycles. The van der Waals surface area contributed by atoms with Gasteiger partial charge in [-0.3, -0.25) is 0 Å². The van der Waals surface area contributed by atoms with Gasteiger partial charge in [-0.2, -0.15) is 0 Å². The first kappa shape index (κ1) is 24.2. The first-order valence-electron chi connectivity index (χ1n) is 10.8. The monoisotopic (exact) mass is 416 g/mol. The largest absolute Gasteiger partial charge is 0.491 e. The van der Waals surface area contributed by atoms with Crippen molar-refractivity contribution in [3.63, 3.8) is 0 Å². The van der Waals surface area contributed by atoms with E-state index < -0.39 is 0 Å². The van der Waals surface area contributed by atoms with Crippen LogP contribution in [0.2, 0.25) is 0 Å². The predicted octanol–water partition coefficient (Wildman–Crippen LogP) is 4.89. The number of hydrogen-bond donors (Lipinski definition) is 0. The smallest absolute Gasteiger partial charge is 0.120 e. The Balaban J connectivity index is 1.71. The lowest BCUT2D eigenvalue weighted by Crippen LogP contribution is -2.12. The molecule has 0 atom stereocenters. The quantitative estimate of drug-likeness (QED) is 0.387. The topological polar surface area (TPSA) is 46.2 Å². The van der Waals surface area contributed by atoms with Crippen molar-refractivity contribution in [3.8, 4) is 11.5 Å². The maximum absolute atomic E-state index is 6.03. The molecule has 0 bridgehead atoms. The molecule has 0 heterocycles. The molecule has 0 aliphatic rings. The molecule has 0 radical (unpaired) electrons. The van der Waals surface area contributed by atoms with Gasteiger partial charge in [0, 0.05) is 6.61 Å². The van der Waals surface area contributed by atoms with Crippen LogP contribution in [0, 0.1) is 13.8 Å². The summed E-state index contributed by atoms with van der Waals surface area (Å²) in [7, 11) is 0. The van der Waals surface area contributed by atoms with E-state index in [9.17, 15) is 0 Å².